The highest BCUT2D eigenvalue weighted by Crippen LogP contribution is 2.34. The van der Waals surface area contributed by atoms with E-state index in [0.717, 1.165) is 11.3 Å². The van der Waals surface area contributed by atoms with E-state index in [2.05, 4.69) is 15.0 Å². The van der Waals surface area contributed by atoms with Gasteiger partial charge in [-0.25, -0.2) is 9.97 Å². The van der Waals surface area contributed by atoms with Gasteiger partial charge in [0, 0.05) is 17.5 Å². The minimum atomic E-state index is -0.807. The van der Waals surface area contributed by atoms with Gasteiger partial charge in [-0.2, -0.15) is 0 Å². The van der Waals surface area contributed by atoms with Crippen molar-refractivity contribution in [1.29, 1.82) is 0 Å². The maximum Gasteiger partial charge on any atom is 0.254 e. The van der Waals surface area contributed by atoms with Crippen LogP contribution >= 0.6 is 11.6 Å². The molecule has 4 heterocycles. The number of fused-ring (bicyclic) bond motifs is 1. The maximum atomic E-state index is 12.7. The van der Waals surface area contributed by atoms with Crippen molar-refractivity contribution < 1.29 is 9.21 Å². The number of primary amides is 1. The van der Waals surface area contributed by atoms with Crippen LogP contribution in [0.2, 0.25) is 5.15 Å². The summed E-state index contributed by atoms with van der Waals surface area (Å²) in [5, 5.41) is 0.556. The first-order valence-corrected chi connectivity index (χ1v) is 8.79. The monoisotopic (exact) mass is 394 g/mol. The highest BCUT2D eigenvalue weighted by atomic mass is 35.5. The van der Waals surface area contributed by atoms with Crippen LogP contribution in [0.25, 0.3) is 33.6 Å². The Kier molecular flexibility index (Phi) is 4.24. The molecule has 4 aromatic heterocycles. The van der Waals surface area contributed by atoms with Gasteiger partial charge in [-0.15, -0.1) is 0 Å². The van der Waals surface area contributed by atoms with E-state index in [1.54, 1.807) is 18.2 Å². The predicted octanol–water partition coefficient (Wildman–Crippen LogP) is 3.61. The van der Waals surface area contributed by atoms with Crippen LogP contribution in [0.4, 0.5) is 0 Å². The van der Waals surface area contributed by atoms with Gasteiger partial charge in [-0.3, -0.25) is 9.59 Å². The molecular weight excluding hydrogens is 380 g/mol. The van der Waals surface area contributed by atoms with Crippen molar-refractivity contribution in [3.8, 4) is 22.6 Å². The van der Waals surface area contributed by atoms with Crippen molar-refractivity contribution >= 4 is 28.5 Å². The van der Waals surface area contributed by atoms with E-state index in [1.807, 2.05) is 26.0 Å². The summed E-state index contributed by atoms with van der Waals surface area (Å²) >= 11 is 6.13. The largest absolute Gasteiger partial charge is 0.460 e. The van der Waals surface area contributed by atoms with Gasteiger partial charge in [0.1, 0.15) is 27.8 Å². The Bertz CT molecular complexity index is 1290. The molecule has 8 heteroatoms. The zero-order valence-corrected chi connectivity index (χ0v) is 15.8. The number of pyridine rings is 3. The molecule has 3 N–H and O–H groups in total. The van der Waals surface area contributed by atoms with E-state index >= 15 is 0 Å². The number of carbonyl (C=O) groups is 1. The van der Waals surface area contributed by atoms with Crippen LogP contribution in [0.1, 0.15) is 21.8 Å². The first-order valence-electron chi connectivity index (χ1n) is 8.41. The van der Waals surface area contributed by atoms with Crippen molar-refractivity contribution in [2.24, 2.45) is 5.73 Å². The third-order valence-electron chi connectivity index (χ3n) is 4.34. The molecule has 4 aromatic rings. The highest BCUT2D eigenvalue weighted by molar-refractivity contribution is 6.29. The summed E-state index contributed by atoms with van der Waals surface area (Å²) in [6, 6.07) is 8.81. The maximum absolute atomic E-state index is 12.7. The van der Waals surface area contributed by atoms with E-state index < -0.39 is 11.3 Å². The number of halogens is 1. The van der Waals surface area contributed by atoms with Gasteiger partial charge < -0.3 is 15.1 Å². The Morgan fingerprint density at radius 3 is 2.61 bits per heavy atom. The van der Waals surface area contributed by atoms with Gasteiger partial charge >= 0.3 is 0 Å². The van der Waals surface area contributed by atoms with Crippen LogP contribution in [0, 0.1) is 13.8 Å². The fraction of sp³-hybridized carbons (Fsp3) is 0.100. The lowest BCUT2D eigenvalue weighted by atomic mass is 10.0. The second-order valence-corrected chi connectivity index (χ2v) is 6.79. The van der Waals surface area contributed by atoms with Gasteiger partial charge in [0.25, 0.3) is 5.91 Å². The quantitative estimate of drug-likeness (QED) is 0.515. The number of aryl methyl sites for hydroxylation is 2. The first-order chi connectivity index (χ1) is 13.3. The number of rotatable bonds is 3. The van der Waals surface area contributed by atoms with Crippen LogP contribution in [0.15, 0.2) is 45.7 Å². The minimum absolute atomic E-state index is 0.134. The molecule has 0 unspecified atom stereocenters. The standard InChI is InChI=1S/C20H15ClN4O3/c1-9-5-11(6-16(21)24-9)12-7-13-18(26)14(19(22)27)8-23-20(13)25-17(12)15-4-3-10(2)28-15/h3-8H,1-2H3,(H2,22,27)(H,23,25,26). The van der Waals surface area contributed by atoms with Crippen molar-refractivity contribution in [3.05, 3.63) is 68.9 Å². The number of nitrogens with one attached hydrogen (secondary N) is 1. The number of amides is 1. The topological polar surface area (TPSA) is 115 Å². The Hall–Kier alpha value is -3.45. The number of nitrogens with zero attached hydrogens (tertiary/aromatic N) is 2. The molecule has 0 aliphatic carbocycles. The second-order valence-electron chi connectivity index (χ2n) is 6.41. The number of carbonyl (C=O) groups excluding carboxylic acids is 1. The second kappa shape index (κ2) is 6.61. The average Bonchev–Trinajstić information content (AvgIpc) is 3.06. The van der Waals surface area contributed by atoms with Gasteiger partial charge in [0.05, 0.1) is 5.39 Å². The minimum Gasteiger partial charge on any atom is -0.460 e. The van der Waals surface area contributed by atoms with Gasteiger partial charge in [0.15, 0.2) is 5.76 Å². The van der Waals surface area contributed by atoms with Crippen molar-refractivity contribution in [1.82, 2.24) is 15.0 Å². The number of hydrogen-bond donors (Lipinski definition) is 2. The molecule has 0 saturated carbocycles. The zero-order chi connectivity index (χ0) is 20.0. The van der Waals surface area contributed by atoms with E-state index in [9.17, 15) is 9.59 Å². The lowest BCUT2D eigenvalue weighted by Gasteiger charge is -2.11. The normalized spacial score (nSPS) is 11.1. The Labute approximate surface area is 164 Å². The molecule has 0 aromatic carbocycles. The first kappa shape index (κ1) is 17.9. The van der Waals surface area contributed by atoms with Crippen molar-refractivity contribution in [2.75, 3.05) is 0 Å². The van der Waals surface area contributed by atoms with Crippen LogP contribution < -0.4 is 11.2 Å². The Morgan fingerprint density at radius 1 is 1.18 bits per heavy atom. The fourth-order valence-corrected chi connectivity index (χ4v) is 3.33. The van der Waals surface area contributed by atoms with Gasteiger partial charge in [0.2, 0.25) is 5.43 Å². The van der Waals surface area contributed by atoms with Gasteiger partial charge in [-0.05, 0) is 49.7 Å². The molecule has 0 bridgehead atoms. The van der Waals surface area contributed by atoms with Crippen molar-refractivity contribution in [3.63, 3.8) is 0 Å². The number of nitrogens with two attached hydrogens (primary N) is 1. The molecule has 0 aliphatic rings. The SMILES string of the molecule is Cc1cc(-c2cc3c(=O)c(C(N)=O)c[nH]c3nc2-c2ccc(C)o2)cc(Cl)n1. The molecule has 1 amide bonds. The summed E-state index contributed by atoms with van der Waals surface area (Å²) in [6.45, 7) is 3.65. The van der Waals surface area contributed by atoms with E-state index in [1.165, 1.54) is 6.20 Å². The Morgan fingerprint density at radius 2 is 1.96 bits per heavy atom. The van der Waals surface area contributed by atoms with Crippen LogP contribution in [0.3, 0.4) is 0 Å². The highest BCUT2D eigenvalue weighted by Gasteiger charge is 2.18. The van der Waals surface area contributed by atoms with Crippen molar-refractivity contribution in [2.45, 2.75) is 13.8 Å². The predicted molar refractivity (Wildman–Crippen MR) is 106 cm³/mol. The number of aromatic nitrogens is 3. The van der Waals surface area contributed by atoms with Crippen LogP contribution in [-0.4, -0.2) is 20.9 Å². The molecule has 0 aliphatic heterocycles. The average molecular weight is 395 g/mol. The van der Waals surface area contributed by atoms with Crippen LogP contribution in [0.5, 0.6) is 0 Å². The number of hydrogen-bond acceptors (Lipinski definition) is 5. The summed E-state index contributed by atoms with van der Waals surface area (Å²) < 4.78 is 5.76. The smallest absolute Gasteiger partial charge is 0.254 e. The third kappa shape index (κ3) is 3.05. The number of aromatic amines is 1. The summed E-state index contributed by atoms with van der Waals surface area (Å²) in [7, 11) is 0. The fourth-order valence-electron chi connectivity index (χ4n) is 3.08. The van der Waals surface area contributed by atoms with E-state index in [0.29, 0.717) is 33.5 Å². The summed E-state index contributed by atoms with van der Waals surface area (Å²) in [4.78, 5) is 35.9. The summed E-state index contributed by atoms with van der Waals surface area (Å²) in [5.41, 5.74) is 7.58. The molecule has 0 fully saturated rings. The van der Waals surface area contributed by atoms with E-state index in [4.69, 9.17) is 21.8 Å². The molecule has 0 spiro atoms. The number of H-pyrrole nitrogens is 1. The molecule has 0 saturated heterocycles. The van der Waals surface area contributed by atoms with Crippen LogP contribution in [-0.2, 0) is 0 Å². The molecule has 7 nitrogen and oxygen atoms in total. The molecular formula is C20H15ClN4O3. The molecule has 4 rings (SSSR count). The third-order valence-corrected chi connectivity index (χ3v) is 4.53. The summed E-state index contributed by atoms with van der Waals surface area (Å²) in [6.07, 6.45) is 1.27. The summed E-state index contributed by atoms with van der Waals surface area (Å²) in [5.74, 6) is 0.461. The lowest BCUT2D eigenvalue weighted by Crippen LogP contribution is -2.22. The van der Waals surface area contributed by atoms with E-state index in [-0.39, 0.29) is 10.9 Å². The zero-order valence-electron chi connectivity index (χ0n) is 15.0. The van der Waals surface area contributed by atoms with Gasteiger partial charge in [-0.1, -0.05) is 11.6 Å². The molecule has 140 valence electrons. The Balaban J connectivity index is 2.10. The molecule has 28 heavy (non-hydrogen) atoms. The molecule has 0 radical (unpaired) electrons. The molecule has 0 atom stereocenters. The lowest BCUT2D eigenvalue weighted by molar-refractivity contribution is 0.0999. The number of furan rings is 1.